The van der Waals surface area contributed by atoms with Crippen molar-refractivity contribution < 1.29 is 23.8 Å². The fourth-order valence-corrected chi connectivity index (χ4v) is 2.62. The summed E-state index contributed by atoms with van der Waals surface area (Å²) in [5.74, 6) is -1.45. The molecule has 1 aromatic carbocycles. The number of ether oxygens (including phenoxy) is 1. The molecule has 1 fully saturated rings. The van der Waals surface area contributed by atoms with Gasteiger partial charge in [0.15, 0.2) is 0 Å². The molecule has 21 heavy (non-hydrogen) atoms. The second kappa shape index (κ2) is 6.67. The fourth-order valence-electron chi connectivity index (χ4n) is 2.62. The number of likely N-dealkylation sites (tertiary alicyclic amines) is 1. The molecule has 1 N–H and O–H groups in total. The van der Waals surface area contributed by atoms with Crippen molar-refractivity contribution in [3.8, 4) is 0 Å². The lowest BCUT2D eigenvalue weighted by Crippen LogP contribution is -2.38. The number of carboxylic acid groups (broad SMARTS) is 1. The predicted molar refractivity (Wildman–Crippen MR) is 73.3 cm³/mol. The summed E-state index contributed by atoms with van der Waals surface area (Å²) in [6.07, 6.45) is 0.436. The molecule has 1 aromatic rings. The molecule has 1 saturated heterocycles. The van der Waals surface area contributed by atoms with Crippen LogP contribution in [-0.2, 0) is 20.7 Å². The molecule has 0 radical (unpaired) electrons. The predicted octanol–water partition coefficient (Wildman–Crippen LogP) is 1.46. The van der Waals surface area contributed by atoms with Gasteiger partial charge in [-0.1, -0.05) is 12.1 Å². The Labute approximate surface area is 122 Å². The van der Waals surface area contributed by atoms with Crippen LogP contribution in [-0.4, -0.2) is 47.7 Å². The molecule has 5 nitrogen and oxygen atoms in total. The quantitative estimate of drug-likeness (QED) is 0.893. The van der Waals surface area contributed by atoms with Crippen molar-refractivity contribution in [2.24, 2.45) is 0 Å². The maximum absolute atomic E-state index is 12.9. The Hall–Kier alpha value is -1.95. The molecule has 0 aliphatic carbocycles. The van der Waals surface area contributed by atoms with Gasteiger partial charge in [-0.15, -0.1) is 0 Å². The van der Waals surface area contributed by atoms with Crippen molar-refractivity contribution >= 4 is 11.9 Å². The zero-order valence-electron chi connectivity index (χ0n) is 11.8. The summed E-state index contributed by atoms with van der Waals surface area (Å²) in [7, 11) is 1.55. The Morgan fingerprint density at radius 1 is 1.38 bits per heavy atom. The second-order valence-electron chi connectivity index (χ2n) is 5.19. The van der Waals surface area contributed by atoms with Crippen molar-refractivity contribution in [2.45, 2.75) is 31.4 Å². The van der Waals surface area contributed by atoms with Gasteiger partial charge in [0.25, 0.3) is 0 Å². The van der Waals surface area contributed by atoms with Gasteiger partial charge in [-0.3, -0.25) is 9.59 Å². The summed E-state index contributed by atoms with van der Waals surface area (Å²) in [5, 5.41) is 8.93. The van der Waals surface area contributed by atoms with Crippen LogP contribution in [0.15, 0.2) is 24.3 Å². The van der Waals surface area contributed by atoms with E-state index in [1.807, 2.05) is 0 Å². The molecule has 114 valence electrons. The Bertz CT molecular complexity index is 517. The number of aliphatic carboxylic acids is 1. The first kappa shape index (κ1) is 15.4. The summed E-state index contributed by atoms with van der Waals surface area (Å²) < 4.78 is 18.1. The molecule has 0 saturated carbocycles. The zero-order chi connectivity index (χ0) is 15.4. The van der Waals surface area contributed by atoms with E-state index in [-0.39, 0.29) is 36.7 Å². The lowest BCUT2D eigenvalue weighted by atomic mass is 10.1. The summed E-state index contributed by atoms with van der Waals surface area (Å²) in [4.78, 5) is 24.8. The first-order chi connectivity index (χ1) is 9.99. The molecular formula is C15H18FNO4. The molecule has 1 amide bonds. The molecule has 0 bridgehead atoms. The van der Waals surface area contributed by atoms with Gasteiger partial charge in [0, 0.05) is 19.7 Å². The minimum absolute atomic E-state index is 0.0883. The zero-order valence-corrected chi connectivity index (χ0v) is 11.8. The SMILES string of the molecule is COC1CC(CC(=O)O)N(C(=O)Cc2ccc(F)cc2)C1. The number of benzene rings is 1. The van der Waals surface area contributed by atoms with E-state index < -0.39 is 5.97 Å². The first-order valence-corrected chi connectivity index (χ1v) is 6.78. The number of amides is 1. The van der Waals surface area contributed by atoms with Crippen molar-refractivity contribution in [2.75, 3.05) is 13.7 Å². The number of carboxylic acids is 1. The van der Waals surface area contributed by atoms with Crippen LogP contribution in [0.3, 0.4) is 0 Å². The lowest BCUT2D eigenvalue weighted by molar-refractivity contribution is -0.139. The lowest BCUT2D eigenvalue weighted by Gasteiger charge is -2.23. The third kappa shape index (κ3) is 4.01. The molecule has 2 unspecified atom stereocenters. The van der Waals surface area contributed by atoms with Crippen molar-refractivity contribution in [1.29, 1.82) is 0 Å². The Morgan fingerprint density at radius 3 is 2.62 bits per heavy atom. The molecule has 0 aromatic heterocycles. The highest BCUT2D eigenvalue weighted by atomic mass is 19.1. The van der Waals surface area contributed by atoms with E-state index in [2.05, 4.69) is 0 Å². The minimum Gasteiger partial charge on any atom is -0.481 e. The smallest absolute Gasteiger partial charge is 0.305 e. The van der Waals surface area contributed by atoms with Gasteiger partial charge >= 0.3 is 5.97 Å². The van der Waals surface area contributed by atoms with Gasteiger partial charge in [-0.2, -0.15) is 0 Å². The van der Waals surface area contributed by atoms with Crippen LogP contribution in [0.1, 0.15) is 18.4 Å². The molecule has 6 heteroatoms. The average molecular weight is 295 g/mol. The third-order valence-electron chi connectivity index (χ3n) is 3.71. The van der Waals surface area contributed by atoms with Crippen LogP contribution in [0, 0.1) is 5.82 Å². The normalized spacial score (nSPS) is 21.5. The maximum atomic E-state index is 12.9. The third-order valence-corrected chi connectivity index (χ3v) is 3.71. The van der Waals surface area contributed by atoms with Crippen LogP contribution in [0.5, 0.6) is 0 Å². The van der Waals surface area contributed by atoms with Crippen LogP contribution >= 0.6 is 0 Å². The van der Waals surface area contributed by atoms with E-state index >= 15 is 0 Å². The molecule has 1 heterocycles. The molecule has 1 aliphatic heterocycles. The molecular weight excluding hydrogens is 277 g/mol. The number of carbonyl (C=O) groups excluding carboxylic acids is 1. The van der Waals surface area contributed by atoms with Crippen molar-refractivity contribution in [3.05, 3.63) is 35.6 Å². The highest BCUT2D eigenvalue weighted by Gasteiger charge is 2.36. The van der Waals surface area contributed by atoms with Crippen LogP contribution in [0.2, 0.25) is 0 Å². The highest BCUT2D eigenvalue weighted by Crippen LogP contribution is 2.23. The Balaban J connectivity index is 2.04. The number of nitrogens with zero attached hydrogens (tertiary/aromatic N) is 1. The summed E-state index contributed by atoms with van der Waals surface area (Å²) in [5.41, 5.74) is 0.705. The number of methoxy groups -OCH3 is 1. The fraction of sp³-hybridized carbons (Fsp3) is 0.467. The minimum atomic E-state index is -0.934. The highest BCUT2D eigenvalue weighted by molar-refractivity contribution is 5.80. The van der Waals surface area contributed by atoms with E-state index in [1.54, 1.807) is 24.1 Å². The molecule has 0 spiro atoms. The molecule has 1 aliphatic rings. The van der Waals surface area contributed by atoms with Gasteiger partial charge < -0.3 is 14.7 Å². The number of hydrogen-bond acceptors (Lipinski definition) is 3. The Kier molecular flexibility index (Phi) is 4.90. The van der Waals surface area contributed by atoms with E-state index in [1.165, 1.54) is 12.1 Å². The molecule has 2 atom stereocenters. The largest absolute Gasteiger partial charge is 0.481 e. The van der Waals surface area contributed by atoms with Crippen LogP contribution < -0.4 is 0 Å². The average Bonchev–Trinajstić information content (AvgIpc) is 2.83. The van der Waals surface area contributed by atoms with Gasteiger partial charge in [-0.25, -0.2) is 4.39 Å². The van der Waals surface area contributed by atoms with Gasteiger partial charge in [0.1, 0.15) is 5.82 Å². The van der Waals surface area contributed by atoms with E-state index in [0.29, 0.717) is 18.5 Å². The Morgan fingerprint density at radius 2 is 2.05 bits per heavy atom. The van der Waals surface area contributed by atoms with Crippen molar-refractivity contribution in [3.63, 3.8) is 0 Å². The van der Waals surface area contributed by atoms with E-state index in [4.69, 9.17) is 9.84 Å². The van der Waals surface area contributed by atoms with Crippen LogP contribution in [0.4, 0.5) is 4.39 Å². The van der Waals surface area contributed by atoms with Gasteiger partial charge in [-0.05, 0) is 24.1 Å². The summed E-state index contributed by atoms with van der Waals surface area (Å²) in [6, 6.07) is 5.38. The topological polar surface area (TPSA) is 66.8 Å². The maximum Gasteiger partial charge on any atom is 0.305 e. The summed E-state index contributed by atoms with van der Waals surface area (Å²) in [6.45, 7) is 0.397. The second-order valence-corrected chi connectivity index (χ2v) is 5.19. The van der Waals surface area contributed by atoms with Crippen molar-refractivity contribution in [1.82, 2.24) is 4.90 Å². The molecule has 2 rings (SSSR count). The number of halogens is 1. The number of rotatable bonds is 5. The standard InChI is InChI=1S/C15H18FNO4/c1-21-13-7-12(8-15(19)20)17(9-13)14(18)6-10-2-4-11(16)5-3-10/h2-5,12-13H,6-9H2,1H3,(H,19,20). The number of hydrogen-bond donors (Lipinski definition) is 1. The monoisotopic (exact) mass is 295 g/mol. The van der Waals surface area contributed by atoms with Gasteiger partial charge in [0.05, 0.1) is 18.9 Å². The van der Waals surface area contributed by atoms with Crippen LogP contribution in [0.25, 0.3) is 0 Å². The van der Waals surface area contributed by atoms with Gasteiger partial charge in [0.2, 0.25) is 5.91 Å². The van der Waals surface area contributed by atoms with E-state index in [9.17, 15) is 14.0 Å². The first-order valence-electron chi connectivity index (χ1n) is 6.78. The van der Waals surface area contributed by atoms with E-state index in [0.717, 1.165) is 0 Å². The summed E-state index contributed by atoms with van der Waals surface area (Å²) >= 11 is 0. The number of carbonyl (C=O) groups is 2.